The molecule has 10 nitrogen and oxygen atoms in total. The lowest BCUT2D eigenvalue weighted by atomic mass is 9.91. The van der Waals surface area contributed by atoms with Gasteiger partial charge in [-0.2, -0.15) is 0 Å². The van der Waals surface area contributed by atoms with Crippen molar-refractivity contribution in [2.75, 3.05) is 12.9 Å². The van der Waals surface area contributed by atoms with Crippen LogP contribution in [0.15, 0.2) is 108 Å². The van der Waals surface area contributed by atoms with Gasteiger partial charge in [-0.1, -0.05) is 97.9 Å². The zero-order chi connectivity index (χ0) is 35.0. The van der Waals surface area contributed by atoms with Crippen LogP contribution in [-0.4, -0.2) is 52.9 Å². The molecule has 2 saturated heterocycles. The number of hydrogen-bond acceptors (Lipinski definition) is 9. The van der Waals surface area contributed by atoms with Gasteiger partial charge < -0.3 is 29.4 Å². The number of thioether (sulfide) groups is 1. The van der Waals surface area contributed by atoms with Gasteiger partial charge in [0, 0.05) is 22.1 Å². The smallest absolute Gasteiger partial charge is 0.408 e. The van der Waals surface area contributed by atoms with Crippen molar-refractivity contribution in [3.05, 3.63) is 131 Å². The third-order valence-corrected chi connectivity index (χ3v) is 10.1. The quantitative estimate of drug-likeness (QED) is 0.129. The van der Waals surface area contributed by atoms with Crippen LogP contribution in [0.5, 0.6) is 5.75 Å². The molecule has 0 aliphatic carbocycles. The number of benzene rings is 4. The Morgan fingerprint density at radius 1 is 0.880 bits per heavy atom. The molecule has 4 aromatic carbocycles. The Morgan fingerprint density at radius 2 is 1.56 bits per heavy atom. The lowest BCUT2D eigenvalue weighted by Crippen LogP contribution is -2.41. The second-order valence-electron chi connectivity index (χ2n) is 12.3. The minimum Gasteiger partial charge on any atom is -0.496 e. The first kappa shape index (κ1) is 35.2. The van der Waals surface area contributed by atoms with Crippen molar-refractivity contribution in [3.63, 3.8) is 0 Å². The van der Waals surface area contributed by atoms with Gasteiger partial charge in [0.2, 0.25) is 5.91 Å². The maximum atomic E-state index is 13.1. The molecule has 0 bridgehead atoms. The van der Waals surface area contributed by atoms with E-state index in [1.54, 1.807) is 18.9 Å². The van der Waals surface area contributed by atoms with E-state index in [1.165, 1.54) is 0 Å². The molecule has 260 valence electrons. The first-order chi connectivity index (χ1) is 24.3. The van der Waals surface area contributed by atoms with E-state index in [0.29, 0.717) is 5.75 Å². The number of aliphatic hydroxyl groups is 1. The lowest BCUT2D eigenvalue weighted by Gasteiger charge is -2.41. The topological polar surface area (TPSA) is 124 Å². The number of nitrogens with one attached hydrogen (secondary N) is 1. The number of carbonyl (C=O) groups excluding carboxylic acids is 3. The minimum atomic E-state index is -0.981. The largest absolute Gasteiger partial charge is 0.496 e. The van der Waals surface area contributed by atoms with Crippen LogP contribution < -0.4 is 10.1 Å². The third kappa shape index (κ3) is 8.36. The van der Waals surface area contributed by atoms with Gasteiger partial charge in [-0.3, -0.25) is 14.5 Å². The van der Waals surface area contributed by atoms with E-state index >= 15 is 0 Å². The average Bonchev–Trinajstić information content (AvgIpc) is 3.41. The number of imide groups is 1. The molecule has 0 spiro atoms. The summed E-state index contributed by atoms with van der Waals surface area (Å²) in [5.41, 5.74) is 4.17. The highest BCUT2D eigenvalue weighted by molar-refractivity contribution is 7.99. The lowest BCUT2D eigenvalue weighted by molar-refractivity contribution is -0.268. The number of carbonyl (C=O) groups is 3. The number of alkyl carbamates (subject to hydrolysis) is 1. The second-order valence-corrected chi connectivity index (χ2v) is 13.4. The first-order valence-electron chi connectivity index (χ1n) is 16.5. The molecule has 5 atom stereocenters. The normalized spacial score (nSPS) is 22.0. The number of ether oxygens (including phenoxy) is 4. The fourth-order valence-electron chi connectivity index (χ4n) is 6.05. The van der Waals surface area contributed by atoms with Crippen molar-refractivity contribution >= 4 is 29.7 Å². The molecule has 0 aromatic heterocycles. The number of methoxy groups -OCH3 is 1. The molecular formula is C39H40N2O8S. The van der Waals surface area contributed by atoms with Crippen LogP contribution in [0.2, 0.25) is 0 Å². The van der Waals surface area contributed by atoms with Crippen LogP contribution >= 0.6 is 11.8 Å². The fourth-order valence-corrected chi connectivity index (χ4v) is 7.25. The van der Waals surface area contributed by atoms with Crippen molar-refractivity contribution in [3.8, 4) is 5.75 Å². The predicted molar refractivity (Wildman–Crippen MR) is 187 cm³/mol. The van der Waals surface area contributed by atoms with E-state index in [-0.39, 0.29) is 50.2 Å². The van der Waals surface area contributed by atoms with Gasteiger partial charge in [0.1, 0.15) is 18.4 Å². The monoisotopic (exact) mass is 696 g/mol. The summed E-state index contributed by atoms with van der Waals surface area (Å²) < 4.78 is 24.0. The molecule has 4 aromatic rings. The van der Waals surface area contributed by atoms with Gasteiger partial charge in [0.25, 0.3) is 5.91 Å². The molecule has 2 aliphatic heterocycles. The van der Waals surface area contributed by atoms with Crippen LogP contribution in [0.3, 0.4) is 0 Å². The van der Waals surface area contributed by atoms with E-state index in [2.05, 4.69) is 12.2 Å². The minimum absolute atomic E-state index is 0.0112. The van der Waals surface area contributed by atoms with E-state index in [9.17, 15) is 19.5 Å². The van der Waals surface area contributed by atoms with Gasteiger partial charge in [-0.25, -0.2) is 4.79 Å². The number of amides is 3. The van der Waals surface area contributed by atoms with E-state index in [1.807, 2.05) is 103 Å². The second kappa shape index (κ2) is 16.4. The van der Waals surface area contributed by atoms with Gasteiger partial charge >= 0.3 is 6.09 Å². The van der Waals surface area contributed by atoms with Crippen LogP contribution in [0.1, 0.15) is 53.6 Å². The Balaban J connectivity index is 1.12. The number of aliphatic hydroxyl groups excluding tert-OH is 1. The molecule has 3 amide bonds. The highest BCUT2D eigenvalue weighted by Crippen LogP contribution is 2.43. The Morgan fingerprint density at radius 3 is 2.28 bits per heavy atom. The van der Waals surface area contributed by atoms with Crippen molar-refractivity contribution in [2.45, 2.75) is 62.5 Å². The van der Waals surface area contributed by atoms with E-state index < -0.39 is 24.3 Å². The Labute approximate surface area is 295 Å². The molecular weight excluding hydrogens is 657 g/mol. The molecule has 5 unspecified atom stereocenters. The van der Waals surface area contributed by atoms with Crippen molar-refractivity contribution in [1.82, 2.24) is 10.2 Å². The Hall–Kier alpha value is -4.68. The maximum absolute atomic E-state index is 13.1. The molecule has 2 aliphatic rings. The van der Waals surface area contributed by atoms with Crippen LogP contribution in [-0.2, 0) is 43.6 Å². The molecule has 0 saturated carbocycles. The van der Waals surface area contributed by atoms with Crippen LogP contribution in [0.25, 0.3) is 0 Å². The molecule has 2 fully saturated rings. The van der Waals surface area contributed by atoms with Gasteiger partial charge in [0.15, 0.2) is 6.29 Å². The number of likely N-dealkylation sites (tertiary alicyclic amines) is 1. The third-order valence-electron chi connectivity index (χ3n) is 8.94. The zero-order valence-corrected chi connectivity index (χ0v) is 28.7. The maximum Gasteiger partial charge on any atom is 0.408 e. The highest BCUT2D eigenvalue weighted by atomic mass is 32.2. The first-order valence-corrected chi connectivity index (χ1v) is 17.5. The van der Waals surface area contributed by atoms with E-state index in [4.69, 9.17) is 18.9 Å². The number of para-hydroxylation sites is 1. The number of rotatable bonds is 12. The summed E-state index contributed by atoms with van der Waals surface area (Å²) in [6.45, 7) is 2.21. The molecule has 2 N–H and O–H groups in total. The summed E-state index contributed by atoms with van der Waals surface area (Å²) in [5.74, 6) is 0.636. The molecule has 2 heterocycles. The van der Waals surface area contributed by atoms with Gasteiger partial charge in [-0.15, -0.1) is 11.8 Å². The predicted octanol–water partition coefficient (Wildman–Crippen LogP) is 6.33. The molecule has 50 heavy (non-hydrogen) atoms. The number of hydrogen-bond donors (Lipinski definition) is 2. The summed E-state index contributed by atoms with van der Waals surface area (Å²) in [5, 5.41) is 12.1. The molecule has 0 radical (unpaired) electrons. The summed E-state index contributed by atoms with van der Waals surface area (Å²) in [4.78, 5) is 40.4. The highest BCUT2D eigenvalue weighted by Gasteiger charge is 2.40. The van der Waals surface area contributed by atoms with Gasteiger partial charge in [0.05, 0.1) is 38.9 Å². The van der Waals surface area contributed by atoms with Crippen molar-refractivity contribution in [2.24, 2.45) is 5.92 Å². The van der Waals surface area contributed by atoms with Gasteiger partial charge in [-0.05, 0) is 34.4 Å². The zero-order valence-electron chi connectivity index (χ0n) is 27.9. The molecule has 6 rings (SSSR count). The van der Waals surface area contributed by atoms with Crippen LogP contribution in [0, 0.1) is 5.92 Å². The van der Waals surface area contributed by atoms with Crippen molar-refractivity contribution in [1.29, 1.82) is 0 Å². The van der Waals surface area contributed by atoms with Crippen molar-refractivity contribution < 1.29 is 38.4 Å². The average molecular weight is 697 g/mol. The fraction of sp³-hybridized carbons (Fsp3) is 0.308. The summed E-state index contributed by atoms with van der Waals surface area (Å²) >= 11 is 1.67. The summed E-state index contributed by atoms with van der Waals surface area (Å²) in [6, 6.07) is 31.3. The number of nitrogens with zero attached hydrogens (tertiary/aromatic N) is 1. The van der Waals surface area contributed by atoms with Crippen LogP contribution in [0.4, 0.5) is 4.79 Å². The Kier molecular flexibility index (Phi) is 11.5. The Bertz CT molecular complexity index is 1770. The standard InChI is InChI=1S/C39H40N2O8S/c1-25-33(24-50-34-11-7-6-10-32(34)46-2)48-38(49-36(25)29-16-14-27(22-42)15-17-29)30-18-12-26(13-19-30)21-41-35(43)20-31(37(41)44)40-39(45)47-23-28-8-4-3-5-9-28/h3-19,25,31,33,36,38,42H,20-24H2,1-2H3,(H,40,45). The summed E-state index contributed by atoms with van der Waals surface area (Å²) in [7, 11) is 1.66. The molecule has 11 heteroatoms. The SMILES string of the molecule is COc1ccccc1SCC1OC(c2ccc(CN3C(=O)CC(NC(=O)OCc4ccccc4)C3=O)cc2)OC(c2ccc(CO)cc2)C1C. The van der Waals surface area contributed by atoms with E-state index in [0.717, 1.165) is 43.4 Å². The summed E-state index contributed by atoms with van der Waals surface area (Å²) in [6.07, 6.45) is -2.00.